The summed E-state index contributed by atoms with van der Waals surface area (Å²) in [4.78, 5) is 13.8. The highest BCUT2D eigenvalue weighted by Crippen LogP contribution is 1.97. The zero-order valence-electron chi connectivity index (χ0n) is 10.2. The monoisotopic (exact) mass is 234 g/mol. The number of hydrogen-bond donors (Lipinski definition) is 1. The van der Waals surface area contributed by atoms with Crippen molar-refractivity contribution < 1.29 is 14.9 Å². The van der Waals surface area contributed by atoms with Gasteiger partial charge in [-0.2, -0.15) is 5.26 Å². The van der Waals surface area contributed by atoms with Gasteiger partial charge in [0.15, 0.2) is 0 Å². The van der Waals surface area contributed by atoms with Crippen LogP contribution in [0.2, 0.25) is 0 Å². The second-order valence-corrected chi connectivity index (χ2v) is 3.29. The zero-order valence-corrected chi connectivity index (χ0v) is 10.2. The van der Waals surface area contributed by atoms with Gasteiger partial charge in [-0.15, -0.1) is 0 Å². The molecule has 17 heavy (non-hydrogen) atoms. The predicted molar refractivity (Wildman–Crippen MR) is 69.3 cm³/mol. The summed E-state index contributed by atoms with van der Waals surface area (Å²) in [5.41, 5.74) is 1.60. The van der Waals surface area contributed by atoms with Crippen LogP contribution in [0.25, 0.3) is 6.08 Å². The first-order chi connectivity index (χ1) is 8.15. The van der Waals surface area contributed by atoms with E-state index in [-0.39, 0.29) is 0 Å². The van der Waals surface area contributed by atoms with E-state index in [1.807, 2.05) is 43.3 Å². The van der Waals surface area contributed by atoms with Gasteiger partial charge in [-0.3, -0.25) is 4.89 Å². The Morgan fingerprint density at radius 2 is 2.00 bits per heavy atom. The molecular formula is C14H18O3. The molecule has 92 valence electrons. The fraction of sp³-hybridized carbons (Fsp3) is 0.214. The Bertz CT molecular complexity index is 366. The molecule has 0 saturated heterocycles. The van der Waals surface area contributed by atoms with Crippen molar-refractivity contribution in [3.8, 4) is 0 Å². The average Bonchev–Trinajstić information content (AvgIpc) is 2.39. The van der Waals surface area contributed by atoms with Crippen LogP contribution < -0.4 is 0 Å². The number of carbonyl (C=O) groups excluding carboxylic acids is 1. The highest BCUT2D eigenvalue weighted by atomic mass is 17.1. The van der Waals surface area contributed by atoms with E-state index in [0.717, 1.165) is 6.42 Å². The Morgan fingerprint density at radius 3 is 2.35 bits per heavy atom. The molecule has 0 saturated carbocycles. The molecule has 0 atom stereocenters. The van der Waals surface area contributed by atoms with Crippen LogP contribution in [-0.4, -0.2) is 11.2 Å². The molecule has 0 unspecified atom stereocenters. The molecule has 0 aromatic heterocycles. The maximum absolute atomic E-state index is 10.4. The van der Waals surface area contributed by atoms with Gasteiger partial charge >= 0.3 is 5.97 Å². The topological polar surface area (TPSA) is 46.5 Å². The van der Waals surface area contributed by atoms with Gasteiger partial charge in [0, 0.05) is 5.57 Å². The fourth-order valence-electron chi connectivity index (χ4n) is 1.05. The summed E-state index contributed by atoms with van der Waals surface area (Å²) in [5.74, 6) is -0.683. The van der Waals surface area contributed by atoms with Crippen LogP contribution in [0, 0.1) is 0 Å². The van der Waals surface area contributed by atoms with E-state index in [0.29, 0.717) is 5.57 Å². The van der Waals surface area contributed by atoms with Crippen LogP contribution in [0.4, 0.5) is 0 Å². The van der Waals surface area contributed by atoms with Gasteiger partial charge in [0.25, 0.3) is 0 Å². The van der Waals surface area contributed by atoms with Crippen LogP contribution in [-0.2, 0) is 9.68 Å². The lowest BCUT2D eigenvalue weighted by molar-refractivity contribution is -0.229. The Labute approximate surface area is 102 Å². The highest BCUT2D eigenvalue weighted by Gasteiger charge is 2.01. The van der Waals surface area contributed by atoms with E-state index in [2.05, 4.69) is 11.5 Å². The van der Waals surface area contributed by atoms with Gasteiger partial charge < -0.3 is 0 Å². The molecule has 0 aliphatic rings. The molecule has 1 aromatic rings. The lowest BCUT2D eigenvalue weighted by Gasteiger charge is -1.92. The molecule has 0 amide bonds. The third kappa shape index (κ3) is 7.09. The summed E-state index contributed by atoms with van der Waals surface area (Å²) in [7, 11) is 0. The molecule has 0 fully saturated rings. The number of rotatable bonds is 3. The first-order valence-electron chi connectivity index (χ1n) is 5.35. The Balaban J connectivity index is 0.000000302. The first-order valence-corrected chi connectivity index (χ1v) is 5.35. The largest absolute Gasteiger partial charge is 0.368 e. The number of carbonyl (C=O) groups is 1. The number of allylic oxidation sites excluding steroid dienone is 1. The quantitative estimate of drug-likeness (QED) is 0.493. The van der Waals surface area contributed by atoms with Gasteiger partial charge in [-0.1, -0.05) is 56.0 Å². The molecule has 0 radical (unpaired) electrons. The van der Waals surface area contributed by atoms with Gasteiger partial charge in [0.05, 0.1) is 0 Å². The molecule has 3 heteroatoms. The minimum atomic E-state index is -0.683. The normalized spacial score (nSPS) is 9.94. The van der Waals surface area contributed by atoms with Crippen molar-refractivity contribution in [3.05, 3.63) is 54.1 Å². The van der Waals surface area contributed by atoms with Gasteiger partial charge in [0.2, 0.25) is 0 Å². The lowest BCUT2D eigenvalue weighted by Crippen LogP contribution is -2.01. The Hall–Kier alpha value is -1.87. The van der Waals surface area contributed by atoms with Gasteiger partial charge in [-0.05, 0) is 18.9 Å². The third-order valence-electron chi connectivity index (χ3n) is 1.95. The standard InChI is InChI=1S/C8H8.C6H10O3/c1-2-8-6-4-3-5-7-8;1-3-4-5(2)6(7)9-8/h2-7H,1H2;4,8H,3H2,1-2H3. The van der Waals surface area contributed by atoms with Crippen molar-refractivity contribution in [2.24, 2.45) is 0 Å². The van der Waals surface area contributed by atoms with E-state index in [1.165, 1.54) is 5.56 Å². The predicted octanol–water partition coefficient (Wildman–Crippen LogP) is 3.69. The van der Waals surface area contributed by atoms with Crippen LogP contribution in [0.3, 0.4) is 0 Å². The molecule has 1 aromatic carbocycles. The second-order valence-electron chi connectivity index (χ2n) is 3.29. The molecule has 0 aliphatic heterocycles. The lowest BCUT2D eigenvalue weighted by atomic mass is 10.2. The zero-order chi connectivity index (χ0) is 13.1. The Kier molecular flexibility index (Phi) is 8.33. The third-order valence-corrected chi connectivity index (χ3v) is 1.95. The van der Waals surface area contributed by atoms with E-state index in [9.17, 15) is 4.79 Å². The van der Waals surface area contributed by atoms with Crippen LogP contribution >= 0.6 is 0 Å². The molecule has 1 rings (SSSR count). The Morgan fingerprint density at radius 1 is 1.41 bits per heavy atom. The summed E-state index contributed by atoms with van der Waals surface area (Å²) in [5, 5.41) is 7.84. The molecule has 0 spiro atoms. The molecule has 3 nitrogen and oxygen atoms in total. The van der Waals surface area contributed by atoms with E-state index in [4.69, 9.17) is 5.26 Å². The minimum Gasteiger partial charge on any atom is -0.296 e. The van der Waals surface area contributed by atoms with Crippen molar-refractivity contribution in [3.63, 3.8) is 0 Å². The SMILES string of the molecule is C=Cc1ccccc1.CCC=C(C)C(=O)OO. The van der Waals surface area contributed by atoms with Crippen molar-refractivity contribution in [2.75, 3.05) is 0 Å². The summed E-state index contributed by atoms with van der Waals surface area (Å²) in [6, 6.07) is 10.0. The first kappa shape index (κ1) is 15.1. The number of hydrogen-bond acceptors (Lipinski definition) is 3. The van der Waals surface area contributed by atoms with E-state index < -0.39 is 5.97 Å². The van der Waals surface area contributed by atoms with Crippen molar-refractivity contribution in [1.29, 1.82) is 0 Å². The molecule has 1 N–H and O–H groups in total. The maximum atomic E-state index is 10.4. The van der Waals surface area contributed by atoms with Crippen LogP contribution in [0.15, 0.2) is 48.6 Å². The van der Waals surface area contributed by atoms with Crippen molar-refractivity contribution >= 4 is 12.0 Å². The molecule has 0 heterocycles. The fourth-order valence-corrected chi connectivity index (χ4v) is 1.05. The molecule has 0 aliphatic carbocycles. The highest BCUT2D eigenvalue weighted by molar-refractivity contribution is 5.87. The number of benzene rings is 1. The van der Waals surface area contributed by atoms with Gasteiger partial charge in [0.1, 0.15) is 0 Å². The molecule has 0 bridgehead atoms. The summed E-state index contributed by atoms with van der Waals surface area (Å²) in [6.07, 6.45) is 4.28. The summed E-state index contributed by atoms with van der Waals surface area (Å²) in [6.45, 7) is 7.11. The molecular weight excluding hydrogens is 216 g/mol. The smallest absolute Gasteiger partial charge is 0.296 e. The summed E-state index contributed by atoms with van der Waals surface area (Å²) >= 11 is 0. The van der Waals surface area contributed by atoms with Crippen molar-refractivity contribution in [1.82, 2.24) is 0 Å². The van der Waals surface area contributed by atoms with E-state index >= 15 is 0 Å². The van der Waals surface area contributed by atoms with Crippen LogP contribution in [0.1, 0.15) is 25.8 Å². The van der Waals surface area contributed by atoms with Gasteiger partial charge in [-0.25, -0.2) is 4.79 Å². The van der Waals surface area contributed by atoms with Crippen molar-refractivity contribution in [2.45, 2.75) is 20.3 Å². The summed E-state index contributed by atoms with van der Waals surface area (Å²) < 4.78 is 0. The average molecular weight is 234 g/mol. The second kappa shape index (κ2) is 9.36. The van der Waals surface area contributed by atoms with E-state index in [1.54, 1.807) is 13.0 Å². The van der Waals surface area contributed by atoms with Crippen LogP contribution in [0.5, 0.6) is 0 Å². The maximum Gasteiger partial charge on any atom is 0.368 e. The minimum absolute atomic E-state index is 0.431.